The largest absolute Gasteiger partial charge is 1.00 e. The topological polar surface area (TPSA) is 0 Å². The zero-order valence-corrected chi connectivity index (χ0v) is 6.53. The molecule has 0 aliphatic rings. The summed E-state index contributed by atoms with van der Waals surface area (Å²) in [6.07, 6.45) is 1.17. The number of hydrogen-bond acceptors (Lipinski definition) is 0. The van der Waals surface area contributed by atoms with E-state index in [0.717, 1.165) is 5.28 Å². The molecule has 0 N–H and O–H groups in total. The second kappa shape index (κ2) is 3.72. The van der Waals surface area contributed by atoms with Gasteiger partial charge in [0.15, 0.2) is 0 Å². The molecule has 9 heavy (non-hydrogen) atoms. The molecule has 0 bridgehead atoms. The standard InChI is InChI=1S/C8H9.Al.2H/c1-2-8-6-4-3-5-7-8;;;/h3-7H,1-2H2;;;/q;+2;2*-1. The van der Waals surface area contributed by atoms with Crippen LogP contribution in [-0.2, 0) is 6.42 Å². The third-order valence-corrected chi connectivity index (χ3v) is 1.56. The molecule has 1 aromatic carbocycles. The molecule has 0 nitrogen and oxygen atoms in total. The molecule has 1 aromatic rings. The van der Waals surface area contributed by atoms with E-state index < -0.39 is 0 Å². The summed E-state index contributed by atoms with van der Waals surface area (Å²) >= 11 is 2.73. The molecule has 0 amide bonds. The zero-order valence-electron chi connectivity index (χ0n) is 7.38. The van der Waals surface area contributed by atoms with E-state index >= 15 is 0 Å². The SMILES string of the molecule is [Al+2][CH2]Cc1ccccc1.[H-].[H-]. The van der Waals surface area contributed by atoms with Gasteiger partial charge in [0, 0.05) is 0 Å². The Bertz CT molecular complexity index is 165. The maximum Gasteiger partial charge on any atom is -1.00 e. The molecule has 1 heteroatoms. The molecule has 46 valence electrons. The van der Waals surface area contributed by atoms with Crippen molar-refractivity contribution >= 4 is 16.3 Å². The van der Waals surface area contributed by atoms with Crippen molar-refractivity contribution in [3.8, 4) is 0 Å². The summed E-state index contributed by atoms with van der Waals surface area (Å²) < 4.78 is 0. The average Bonchev–Trinajstić information content (AvgIpc) is 1.91. The third kappa shape index (κ3) is 2.22. The molecule has 0 saturated heterocycles. The molecular weight excluding hydrogens is 123 g/mol. The second-order valence-corrected chi connectivity index (χ2v) is 2.60. The van der Waals surface area contributed by atoms with Crippen molar-refractivity contribution in [2.45, 2.75) is 11.7 Å². The van der Waals surface area contributed by atoms with Gasteiger partial charge in [-0.1, -0.05) is 0 Å². The van der Waals surface area contributed by atoms with Gasteiger partial charge < -0.3 is 2.85 Å². The number of hydrogen-bond donors (Lipinski definition) is 0. The van der Waals surface area contributed by atoms with Crippen molar-refractivity contribution in [3.05, 3.63) is 35.9 Å². The maximum absolute atomic E-state index is 2.73. The van der Waals surface area contributed by atoms with Crippen LogP contribution >= 0.6 is 0 Å². The van der Waals surface area contributed by atoms with E-state index in [0.29, 0.717) is 0 Å². The van der Waals surface area contributed by atoms with E-state index in [1.54, 1.807) is 0 Å². The van der Waals surface area contributed by atoms with Gasteiger partial charge in [0.2, 0.25) is 0 Å². The molecule has 0 aliphatic heterocycles. The minimum atomic E-state index is 0. The number of benzene rings is 1. The summed E-state index contributed by atoms with van der Waals surface area (Å²) in [6.45, 7) is 0. The van der Waals surface area contributed by atoms with Gasteiger partial charge in [-0.15, -0.1) is 0 Å². The monoisotopic (exact) mass is 134 g/mol. The van der Waals surface area contributed by atoms with E-state index in [4.69, 9.17) is 0 Å². The van der Waals surface area contributed by atoms with Crippen molar-refractivity contribution in [3.63, 3.8) is 0 Å². The molecule has 0 radical (unpaired) electrons. The smallest absolute Gasteiger partial charge is 1.00 e. The summed E-state index contributed by atoms with van der Waals surface area (Å²) in [5, 5.41) is 1.16. The summed E-state index contributed by atoms with van der Waals surface area (Å²) in [5.74, 6) is 0. The Morgan fingerprint density at radius 3 is 2.44 bits per heavy atom. The van der Waals surface area contributed by atoms with Crippen LogP contribution in [0.5, 0.6) is 0 Å². The van der Waals surface area contributed by atoms with Gasteiger partial charge in [0.05, 0.1) is 0 Å². The van der Waals surface area contributed by atoms with Crippen LogP contribution < -0.4 is 0 Å². The molecule has 0 aromatic heterocycles. The Labute approximate surface area is 67.3 Å². The van der Waals surface area contributed by atoms with Crippen LogP contribution in [0.1, 0.15) is 8.42 Å². The Hall–Kier alpha value is -0.248. The first kappa shape index (κ1) is 6.87. The van der Waals surface area contributed by atoms with Crippen LogP contribution in [0.2, 0.25) is 5.28 Å². The molecule has 0 atom stereocenters. The quantitative estimate of drug-likeness (QED) is 0.543. The second-order valence-electron chi connectivity index (χ2n) is 2.02. The average molecular weight is 134 g/mol. The fourth-order valence-electron chi connectivity index (χ4n) is 0.811. The Kier molecular flexibility index (Phi) is 2.84. The minimum absolute atomic E-state index is 0. The maximum atomic E-state index is 2.73. The van der Waals surface area contributed by atoms with Crippen molar-refractivity contribution in [2.75, 3.05) is 0 Å². The fraction of sp³-hybridized carbons (Fsp3) is 0.250. The van der Waals surface area contributed by atoms with E-state index in [-0.39, 0.29) is 2.85 Å². The molecule has 0 saturated carbocycles. The van der Waals surface area contributed by atoms with E-state index in [1.807, 2.05) is 6.07 Å². The van der Waals surface area contributed by atoms with Crippen molar-refractivity contribution in [1.29, 1.82) is 0 Å². The first-order valence-corrected chi connectivity index (χ1v) is 3.99. The van der Waals surface area contributed by atoms with Crippen LogP contribution in [0.25, 0.3) is 0 Å². The number of rotatable bonds is 2. The number of aryl methyl sites for hydroxylation is 1. The molecule has 1 rings (SSSR count). The first-order chi connectivity index (χ1) is 4.43. The van der Waals surface area contributed by atoms with Crippen LogP contribution in [0.15, 0.2) is 30.3 Å². The first-order valence-electron chi connectivity index (χ1n) is 3.17. The Morgan fingerprint density at radius 1 is 1.22 bits per heavy atom. The normalized spacial score (nSPS) is 9.56. The Balaban J connectivity index is 0. The zero-order chi connectivity index (χ0) is 6.53. The van der Waals surface area contributed by atoms with Crippen LogP contribution in [0, 0.1) is 0 Å². The summed E-state index contributed by atoms with van der Waals surface area (Å²) in [5.41, 5.74) is 1.42. The van der Waals surface area contributed by atoms with E-state index in [9.17, 15) is 0 Å². The predicted octanol–water partition coefficient (Wildman–Crippen LogP) is 2.04. The van der Waals surface area contributed by atoms with Gasteiger partial charge in [-0.25, -0.2) is 0 Å². The Morgan fingerprint density at radius 2 is 1.89 bits per heavy atom. The minimum Gasteiger partial charge on any atom is -1.00 e. The van der Waals surface area contributed by atoms with Crippen LogP contribution in [0.3, 0.4) is 0 Å². The van der Waals surface area contributed by atoms with Crippen molar-refractivity contribution < 1.29 is 2.85 Å². The molecular formula is C8H11Al. The summed E-state index contributed by atoms with van der Waals surface area (Å²) in [4.78, 5) is 0. The molecule has 0 aliphatic carbocycles. The third-order valence-electron chi connectivity index (χ3n) is 1.28. The molecule has 0 unspecified atom stereocenters. The summed E-state index contributed by atoms with van der Waals surface area (Å²) in [6, 6.07) is 10.5. The van der Waals surface area contributed by atoms with Gasteiger partial charge in [0.25, 0.3) is 0 Å². The summed E-state index contributed by atoms with van der Waals surface area (Å²) in [7, 11) is 0. The van der Waals surface area contributed by atoms with Gasteiger partial charge in [0.1, 0.15) is 0 Å². The van der Waals surface area contributed by atoms with Crippen molar-refractivity contribution in [2.24, 2.45) is 0 Å². The molecule has 0 heterocycles. The van der Waals surface area contributed by atoms with Crippen LogP contribution in [-0.4, -0.2) is 16.3 Å². The van der Waals surface area contributed by atoms with Gasteiger partial charge >= 0.3 is 63.9 Å². The van der Waals surface area contributed by atoms with Gasteiger partial charge in [-0.2, -0.15) is 0 Å². The fourth-order valence-corrected chi connectivity index (χ4v) is 1.14. The van der Waals surface area contributed by atoms with E-state index in [2.05, 4.69) is 40.6 Å². The van der Waals surface area contributed by atoms with Gasteiger partial charge in [-0.3, -0.25) is 0 Å². The van der Waals surface area contributed by atoms with Crippen molar-refractivity contribution in [1.82, 2.24) is 0 Å². The van der Waals surface area contributed by atoms with Crippen LogP contribution in [0.4, 0.5) is 0 Å². The molecule has 0 spiro atoms. The van der Waals surface area contributed by atoms with Gasteiger partial charge in [-0.05, 0) is 0 Å². The van der Waals surface area contributed by atoms with E-state index in [1.165, 1.54) is 12.0 Å². The predicted molar refractivity (Wildman–Crippen MR) is 42.9 cm³/mol. The molecule has 0 fully saturated rings.